The predicted octanol–water partition coefficient (Wildman–Crippen LogP) is 2.65. The van der Waals surface area contributed by atoms with E-state index in [0.29, 0.717) is 6.42 Å². The monoisotopic (exact) mass is 405 g/mol. The van der Waals surface area contributed by atoms with Crippen LogP contribution in [0.25, 0.3) is 0 Å². The third-order valence-corrected chi connectivity index (χ3v) is 5.79. The third kappa shape index (κ3) is 11.3. The Morgan fingerprint density at radius 2 is 1.42 bits per heavy atom. The molecule has 0 unspecified atom stereocenters. The van der Waals surface area contributed by atoms with Gasteiger partial charge in [0, 0.05) is 9.85 Å². The van der Waals surface area contributed by atoms with Crippen molar-refractivity contribution < 1.29 is 18.1 Å². The molecule has 24 heavy (non-hydrogen) atoms. The van der Waals surface area contributed by atoms with Crippen LogP contribution in [0.5, 0.6) is 0 Å². The summed E-state index contributed by atoms with van der Waals surface area (Å²) in [6.45, 7) is 22.4. The van der Waals surface area contributed by atoms with Gasteiger partial charge in [0.25, 0.3) is 0 Å². The van der Waals surface area contributed by atoms with Gasteiger partial charge in [-0.05, 0) is 65.0 Å². The molecule has 0 aliphatic heterocycles. The Balaban J connectivity index is 5.73. The first-order valence-electron chi connectivity index (χ1n) is 8.19. The molecule has 0 saturated heterocycles. The Kier molecular flexibility index (Phi) is 8.25. The van der Waals surface area contributed by atoms with Gasteiger partial charge in [-0.1, -0.05) is 6.58 Å². The first-order chi connectivity index (χ1) is 10.5. The van der Waals surface area contributed by atoms with E-state index in [2.05, 4.69) is 70.8 Å². The average molecular weight is 406 g/mol. The molecule has 0 rings (SSSR count). The number of rotatable bonds is 10. The van der Waals surface area contributed by atoms with Crippen LogP contribution < -0.4 is 5.32 Å². The average Bonchev–Trinajstić information content (AvgIpc) is 2.19. The lowest BCUT2D eigenvalue weighted by Crippen LogP contribution is -2.61. The summed E-state index contributed by atoms with van der Waals surface area (Å²) in [7, 11) is -4.05. The summed E-state index contributed by atoms with van der Waals surface area (Å²) >= 11 is 0. The van der Waals surface area contributed by atoms with Crippen molar-refractivity contribution in [3.05, 3.63) is 12.7 Å². The largest absolute Gasteiger partial charge is 0.552 e. The maximum Gasteiger partial charge on any atom is 0.247 e. The molecule has 0 aromatic rings. The fraction of sp³-hybridized carbons (Fsp3) is 0.733. The molecule has 0 radical (unpaired) electrons. The summed E-state index contributed by atoms with van der Waals surface area (Å²) in [5.41, 5.74) is 0. The Morgan fingerprint density at radius 1 is 1.00 bits per heavy atom. The van der Waals surface area contributed by atoms with Crippen molar-refractivity contribution in [3.63, 3.8) is 0 Å². The summed E-state index contributed by atoms with van der Waals surface area (Å²) in [4.78, 5) is 12.1. The molecule has 0 spiro atoms. The molecule has 140 valence electrons. The first kappa shape index (κ1) is 23.7. The zero-order valence-electron chi connectivity index (χ0n) is 16.8. The van der Waals surface area contributed by atoms with Gasteiger partial charge in [0.2, 0.25) is 20.1 Å². The first-order valence-corrected chi connectivity index (χ1v) is 19.1. The van der Waals surface area contributed by atoms with Crippen molar-refractivity contribution in [3.8, 4) is 0 Å². The zero-order valence-corrected chi connectivity index (χ0v) is 21.2. The number of carbonyl (C=O) groups excluding carboxylic acids is 1. The molecule has 1 amide bonds. The van der Waals surface area contributed by atoms with Gasteiger partial charge in [0.15, 0.2) is 16.6 Å². The van der Waals surface area contributed by atoms with E-state index in [1.54, 1.807) is 9.85 Å². The molecule has 1 N–H and O–H groups in total. The van der Waals surface area contributed by atoms with Crippen LogP contribution in [-0.4, -0.2) is 52.0 Å². The number of hydrogen-bond donors (Lipinski definition) is 1. The molecular weight excluding hydrogens is 371 g/mol. The van der Waals surface area contributed by atoms with Gasteiger partial charge in [-0.15, -0.1) is 0 Å². The minimum Gasteiger partial charge on any atom is -0.552 e. The van der Waals surface area contributed by atoms with Crippen LogP contribution in [0.1, 0.15) is 6.42 Å². The standard InChI is InChI=1S/C15H35NO4Si4/c1-11-13(17)16-15(19-23(5,6)7,20-24(8,9)10)12-14(21)18-22(2,3)4/h11H,1,12,21H2,2-10H3,(H,16,17). The van der Waals surface area contributed by atoms with Crippen molar-refractivity contribution >= 4 is 46.1 Å². The van der Waals surface area contributed by atoms with E-state index in [4.69, 9.17) is 13.3 Å². The second-order valence-corrected chi connectivity index (χ2v) is 22.9. The number of nitrogens with one attached hydrogen (secondary N) is 1. The van der Waals surface area contributed by atoms with Crippen LogP contribution in [0.15, 0.2) is 12.7 Å². The highest BCUT2D eigenvalue weighted by Crippen LogP contribution is 2.26. The summed E-state index contributed by atoms with van der Waals surface area (Å²) in [5.74, 6) is -1.51. The molecule has 9 heteroatoms. The number of hydrogen-bond acceptors (Lipinski definition) is 4. The highest BCUT2D eigenvalue weighted by Gasteiger charge is 2.43. The van der Waals surface area contributed by atoms with Gasteiger partial charge >= 0.3 is 0 Å². The molecule has 0 aliphatic rings. The van der Waals surface area contributed by atoms with Crippen molar-refractivity contribution in [2.45, 2.75) is 71.3 Å². The Labute approximate surface area is 153 Å². The van der Waals surface area contributed by atoms with E-state index < -0.39 is 30.9 Å². The van der Waals surface area contributed by atoms with Gasteiger partial charge in [0.1, 0.15) is 0 Å². The van der Waals surface area contributed by atoms with E-state index in [-0.39, 0.29) is 5.91 Å². The Hall–Kier alpha value is -0.332. The topological polar surface area (TPSA) is 56.8 Å². The van der Waals surface area contributed by atoms with E-state index in [1.807, 2.05) is 0 Å². The van der Waals surface area contributed by atoms with Gasteiger partial charge in [-0.2, -0.15) is 0 Å². The minimum absolute atomic E-state index is 0.310. The molecule has 0 aromatic carbocycles. The zero-order chi connectivity index (χ0) is 19.4. The lowest BCUT2D eigenvalue weighted by atomic mass is 10.3. The molecule has 5 nitrogen and oxygen atoms in total. The Morgan fingerprint density at radius 3 is 1.71 bits per heavy atom. The molecule has 0 aromatic heterocycles. The van der Waals surface area contributed by atoms with Gasteiger partial charge in [-0.25, -0.2) is 0 Å². The molecule has 0 fully saturated rings. The van der Waals surface area contributed by atoms with E-state index in [0.717, 1.165) is 5.35 Å². The fourth-order valence-corrected chi connectivity index (χ4v) is 7.10. The number of amides is 1. The number of carbonyl (C=O) groups is 1. The van der Waals surface area contributed by atoms with Crippen LogP contribution in [0.4, 0.5) is 0 Å². The quantitative estimate of drug-likeness (QED) is 0.345. The summed E-state index contributed by atoms with van der Waals surface area (Å²) in [6, 6.07) is 0. The van der Waals surface area contributed by atoms with Crippen LogP contribution >= 0.6 is 0 Å². The highest BCUT2D eigenvalue weighted by atomic mass is 28.4. The maximum atomic E-state index is 12.1. The smallest absolute Gasteiger partial charge is 0.247 e. The molecule has 0 heterocycles. The summed E-state index contributed by atoms with van der Waals surface area (Å²) in [6.07, 6.45) is 1.62. The van der Waals surface area contributed by atoms with Crippen LogP contribution in [-0.2, 0) is 18.1 Å². The normalized spacial score (nSPS) is 13.4. The van der Waals surface area contributed by atoms with Crippen molar-refractivity contribution in [2.75, 3.05) is 0 Å². The predicted molar refractivity (Wildman–Crippen MR) is 113 cm³/mol. The van der Waals surface area contributed by atoms with Crippen molar-refractivity contribution in [1.29, 1.82) is 0 Å². The van der Waals surface area contributed by atoms with Gasteiger partial charge in [-0.3, -0.25) is 4.79 Å². The molecule has 0 aliphatic carbocycles. The molecular formula is C15H35NO4Si4. The maximum absolute atomic E-state index is 12.1. The Bertz CT molecular complexity index is 459. The van der Waals surface area contributed by atoms with E-state index in [1.165, 1.54) is 6.08 Å². The molecule has 0 atom stereocenters. The highest BCUT2D eigenvalue weighted by molar-refractivity contribution is 6.72. The summed E-state index contributed by atoms with van der Waals surface area (Å²) < 4.78 is 18.8. The molecule has 0 bridgehead atoms. The van der Waals surface area contributed by atoms with Crippen molar-refractivity contribution in [1.82, 2.24) is 5.32 Å². The van der Waals surface area contributed by atoms with Crippen LogP contribution in [0.3, 0.4) is 0 Å². The third-order valence-electron chi connectivity index (χ3n) is 2.32. The van der Waals surface area contributed by atoms with E-state index >= 15 is 0 Å². The second-order valence-electron chi connectivity index (χ2n) is 8.81. The summed E-state index contributed by atoms with van der Waals surface area (Å²) in [5, 5.41) is 3.74. The SMILES string of the molecule is C=CC(=O)NC(CC(=[SiH2])O[Si](C)(C)C)(O[Si](C)(C)C)O[Si](C)(C)C. The van der Waals surface area contributed by atoms with E-state index in [9.17, 15) is 4.79 Å². The second kappa shape index (κ2) is 8.37. The fourth-order valence-electron chi connectivity index (χ4n) is 2.14. The lowest BCUT2D eigenvalue weighted by molar-refractivity contribution is -0.160. The molecule has 0 saturated carbocycles. The van der Waals surface area contributed by atoms with Crippen LogP contribution in [0, 0.1) is 0 Å². The van der Waals surface area contributed by atoms with Crippen molar-refractivity contribution in [2.24, 2.45) is 0 Å². The van der Waals surface area contributed by atoms with Gasteiger partial charge < -0.3 is 18.6 Å². The minimum atomic E-state index is -2.00. The lowest BCUT2D eigenvalue weighted by Gasteiger charge is -2.43. The van der Waals surface area contributed by atoms with Crippen LogP contribution in [0.2, 0.25) is 58.9 Å². The van der Waals surface area contributed by atoms with Gasteiger partial charge in [0.05, 0.1) is 11.8 Å².